The van der Waals surface area contributed by atoms with Gasteiger partial charge in [-0.2, -0.15) is 0 Å². The average Bonchev–Trinajstić information content (AvgIpc) is 2.83. The third kappa shape index (κ3) is 4.18. The Kier molecular flexibility index (Phi) is 5.90. The summed E-state index contributed by atoms with van der Waals surface area (Å²) in [6.07, 6.45) is 3.99. The fourth-order valence-corrected chi connectivity index (χ4v) is 3.85. The predicted octanol–water partition coefficient (Wildman–Crippen LogP) is 5.31. The second-order valence-electron chi connectivity index (χ2n) is 7.31. The van der Waals surface area contributed by atoms with Crippen LogP contribution in [-0.4, -0.2) is 19.0 Å². The molecule has 0 heterocycles. The van der Waals surface area contributed by atoms with Crippen molar-refractivity contribution >= 4 is 11.9 Å². The summed E-state index contributed by atoms with van der Waals surface area (Å²) in [5.41, 5.74) is 6.70. The Hall–Kier alpha value is -4.12. The van der Waals surface area contributed by atoms with E-state index in [1.54, 1.807) is 12.1 Å². The number of rotatable bonds is 6. The van der Waals surface area contributed by atoms with Crippen LogP contribution in [0.15, 0.2) is 79.9 Å². The smallest absolute Gasteiger partial charge is 0.335 e. The summed E-state index contributed by atoms with van der Waals surface area (Å²) in [7, 11) is 1.54. The van der Waals surface area contributed by atoms with E-state index >= 15 is 0 Å². The number of aryl methyl sites for hydroxylation is 2. The number of hydrogen-bond acceptors (Lipinski definition) is 5. The summed E-state index contributed by atoms with van der Waals surface area (Å²) < 4.78 is 15.9. The Morgan fingerprint density at radius 2 is 1.34 bits per heavy atom. The van der Waals surface area contributed by atoms with Crippen LogP contribution >= 0.6 is 0 Å². The van der Waals surface area contributed by atoms with Crippen molar-refractivity contribution in [3.8, 4) is 39.5 Å². The number of carbonyl (C=O) groups is 2. The van der Waals surface area contributed by atoms with Gasteiger partial charge in [0.05, 0.1) is 7.11 Å². The lowest BCUT2D eigenvalue weighted by molar-refractivity contribution is -0.129. The SMILES string of the molecule is C=CC(=O)Oc1ccc2c(c1)CCc1cc(-c3ccc(OC(=O)C=C)c(OC)c3)ccc1-2. The molecule has 0 atom stereocenters. The number of carbonyl (C=O) groups excluding carboxylic acids is 2. The molecule has 0 aromatic heterocycles. The van der Waals surface area contributed by atoms with Gasteiger partial charge in [-0.1, -0.05) is 43.5 Å². The Bertz CT molecular complexity index is 1240. The predicted molar refractivity (Wildman–Crippen MR) is 123 cm³/mol. The normalized spacial score (nSPS) is 11.5. The zero-order valence-corrected chi connectivity index (χ0v) is 17.7. The lowest BCUT2D eigenvalue weighted by Gasteiger charge is -2.21. The molecule has 5 nitrogen and oxygen atoms in total. The highest BCUT2D eigenvalue weighted by Gasteiger charge is 2.18. The summed E-state index contributed by atoms with van der Waals surface area (Å²) in [5.74, 6) is 0.346. The van der Waals surface area contributed by atoms with E-state index in [0.29, 0.717) is 17.2 Å². The highest BCUT2D eigenvalue weighted by atomic mass is 16.6. The summed E-state index contributed by atoms with van der Waals surface area (Å²) in [5, 5.41) is 0. The molecular formula is C27H22O5. The first-order chi connectivity index (χ1) is 15.5. The molecule has 0 aliphatic heterocycles. The van der Waals surface area contributed by atoms with Gasteiger partial charge in [0.25, 0.3) is 0 Å². The molecule has 0 radical (unpaired) electrons. The van der Waals surface area contributed by atoms with Gasteiger partial charge in [-0.15, -0.1) is 0 Å². The number of fused-ring (bicyclic) bond motifs is 3. The molecule has 0 saturated carbocycles. The van der Waals surface area contributed by atoms with Crippen molar-refractivity contribution in [3.63, 3.8) is 0 Å². The van der Waals surface area contributed by atoms with Crippen LogP contribution in [0.4, 0.5) is 0 Å². The van der Waals surface area contributed by atoms with Crippen LogP contribution < -0.4 is 14.2 Å². The Balaban J connectivity index is 1.64. The summed E-state index contributed by atoms with van der Waals surface area (Å²) in [6, 6.07) is 17.5. The number of methoxy groups -OCH3 is 1. The molecule has 4 rings (SSSR count). The number of benzene rings is 3. The third-order valence-electron chi connectivity index (χ3n) is 5.40. The number of esters is 2. The summed E-state index contributed by atoms with van der Waals surface area (Å²) in [4.78, 5) is 23.0. The van der Waals surface area contributed by atoms with Crippen molar-refractivity contribution in [2.45, 2.75) is 12.8 Å². The molecule has 1 aliphatic rings. The van der Waals surface area contributed by atoms with Crippen LogP contribution in [0.25, 0.3) is 22.3 Å². The topological polar surface area (TPSA) is 61.8 Å². The van der Waals surface area contributed by atoms with Crippen LogP contribution in [0, 0.1) is 0 Å². The van der Waals surface area contributed by atoms with Gasteiger partial charge < -0.3 is 14.2 Å². The second-order valence-corrected chi connectivity index (χ2v) is 7.31. The van der Waals surface area contributed by atoms with Crippen LogP contribution in [0.5, 0.6) is 17.2 Å². The maximum absolute atomic E-state index is 11.5. The van der Waals surface area contributed by atoms with Crippen LogP contribution in [0.2, 0.25) is 0 Å². The molecule has 0 N–H and O–H groups in total. The first kappa shape index (κ1) is 21.1. The molecule has 3 aromatic carbocycles. The van der Waals surface area contributed by atoms with E-state index in [-0.39, 0.29) is 0 Å². The van der Waals surface area contributed by atoms with Gasteiger partial charge in [-0.25, -0.2) is 9.59 Å². The van der Waals surface area contributed by atoms with Crippen LogP contribution in [0.1, 0.15) is 11.1 Å². The van der Waals surface area contributed by atoms with E-state index in [4.69, 9.17) is 14.2 Å². The van der Waals surface area contributed by atoms with Gasteiger partial charge >= 0.3 is 11.9 Å². The van der Waals surface area contributed by atoms with Gasteiger partial charge in [0, 0.05) is 12.2 Å². The Morgan fingerprint density at radius 3 is 2.03 bits per heavy atom. The van der Waals surface area contributed by atoms with Crippen molar-refractivity contribution in [3.05, 3.63) is 91.0 Å². The fourth-order valence-electron chi connectivity index (χ4n) is 3.85. The van der Waals surface area contributed by atoms with Crippen molar-refractivity contribution in [2.24, 2.45) is 0 Å². The number of ether oxygens (including phenoxy) is 3. The van der Waals surface area contributed by atoms with E-state index < -0.39 is 11.9 Å². The standard InChI is InChI=1S/C27H22O5/c1-4-26(28)31-21-10-12-23-20(15-21)7-6-19-14-17(8-11-22(19)23)18-9-13-24(25(16-18)30-3)32-27(29)5-2/h4-5,8-16H,1-2,6-7H2,3H3. The monoisotopic (exact) mass is 426 g/mol. The first-order valence-electron chi connectivity index (χ1n) is 10.2. The quantitative estimate of drug-likeness (QED) is 0.304. The van der Waals surface area contributed by atoms with Gasteiger partial charge in [0.1, 0.15) is 5.75 Å². The van der Waals surface area contributed by atoms with Crippen molar-refractivity contribution in [2.75, 3.05) is 7.11 Å². The Morgan fingerprint density at radius 1 is 0.750 bits per heavy atom. The molecule has 0 unspecified atom stereocenters. The average molecular weight is 426 g/mol. The minimum atomic E-state index is -0.536. The van der Waals surface area contributed by atoms with Gasteiger partial charge in [-0.3, -0.25) is 0 Å². The molecule has 0 fully saturated rings. The molecule has 1 aliphatic carbocycles. The molecule has 0 bridgehead atoms. The maximum atomic E-state index is 11.5. The van der Waals surface area contributed by atoms with Crippen molar-refractivity contribution in [1.82, 2.24) is 0 Å². The van der Waals surface area contributed by atoms with E-state index in [1.165, 1.54) is 18.2 Å². The zero-order chi connectivity index (χ0) is 22.7. The van der Waals surface area contributed by atoms with Crippen LogP contribution in [-0.2, 0) is 22.4 Å². The van der Waals surface area contributed by atoms with Gasteiger partial charge in [-0.05, 0) is 70.5 Å². The molecule has 0 saturated heterocycles. The van der Waals surface area contributed by atoms with Gasteiger partial charge in [0.2, 0.25) is 0 Å². The summed E-state index contributed by atoms with van der Waals surface area (Å²) >= 11 is 0. The molecule has 160 valence electrons. The molecule has 0 spiro atoms. The lowest BCUT2D eigenvalue weighted by Crippen LogP contribution is -2.07. The van der Waals surface area contributed by atoms with Crippen molar-refractivity contribution < 1.29 is 23.8 Å². The fraction of sp³-hybridized carbons (Fsp3) is 0.111. The number of hydrogen-bond donors (Lipinski definition) is 0. The zero-order valence-electron chi connectivity index (χ0n) is 17.7. The lowest BCUT2D eigenvalue weighted by atomic mass is 9.84. The van der Waals surface area contributed by atoms with E-state index in [9.17, 15) is 9.59 Å². The third-order valence-corrected chi connectivity index (χ3v) is 5.40. The maximum Gasteiger partial charge on any atom is 0.335 e. The highest BCUT2D eigenvalue weighted by Crippen LogP contribution is 2.39. The van der Waals surface area contributed by atoms with E-state index in [0.717, 1.165) is 47.2 Å². The highest BCUT2D eigenvalue weighted by molar-refractivity contribution is 5.85. The molecule has 3 aromatic rings. The molecule has 0 amide bonds. The molecule has 5 heteroatoms. The van der Waals surface area contributed by atoms with Gasteiger partial charge in [0.15, 0.2) is 11.5 Å². The van der Waals surface area contributed by atoms with Crippen LogP contribution in [0.3, 0.4) is 0 Å². The second kappa shape index (κ2) is 8.94. The Labute approximate surface area is 186 Å². The minimum Gasteiger partial charge on any atom is -0.493 e. The minimum absolute atomic E-state index is 0.348. The van der Waals surface area contributed by atoms with E-state index in [2.05, 4.69) is 31.4 Å². The molecule has 32 heavy (non-hydrogen) atoms. The largest absolute Gasteiger partial charge is 0.493 e. The summed E-state index contributed by atoms with van der Waals surface area (Å²) in [6.45, 7) is 6.85. The van der Waals surface area contributed by atoms with Crippen molar-refractivity contribution in [1.29, 1.82) is 0 Å². The van der Waals surface area contributed by atoms with E-state index in [1.807, 2.05) is 24.3 Å². The molecular weight excluding hydrogens is 404 g/mol. The first-order valence-corrected chi connectivity index (χ1v) is 10.2.